The summed E-state index contributed by atoms with van der Waals surface area (Å²) in [7, 11) is 1.70. The first kappa shape index (κ1) is 15.2. The van der Waals surface area contributed by atoms with Crippen molar-refractivity contribution in [1.82, 2.24) is 9.88 Å². The number of nitrogens with zero attached hydrogens (tertiary/aromatic N) is 2. The number of amides is 1. The molecular formula is C16H20N2O3. The number of carboxylic acids is 1. The molecule has 0 aliphatic heterocycles. The molecule has 1 aliphatic carbocycles. The average molecular weight is 288 g/mol. The summed E-state index contributed by atoms with van der Waals surface area (Å²) >= 11 is 0. The smallest absolute Gasteiger partial charge is 0.307 e. The normalized spacial score (nSPS) is 21.0. The number of aryl methyl sites for hydroxylation is 1. The van der Waals surface area contributed by atoms with Crippen LogP contribution in [0.1, 0.15) is 24.2 Å². The quantitative estimate of drug-likeness (QED) is 0.860. The molecular weight excluding hydrogens is 268 g/mol. The minimum absolute atomic E-state index is 0.130. The van der Waals surface area contributed by atoms with Crippen LogP contribution in [0.4, 0.5) is 0 Å². The molecule has 0 saturated carbocycles. The highest BCUT2D eigenvalue weighted by atomic mass is 16.4. The van der Waals surface area contributed by atoms with Gasteiger partial charge in [0.1, 0.15) is 0 Å². The number of allylic oxidation sites excluding steroid dienone is 2. The fourth-order valence-electron chi connectivity index (χ4n) is 2.65. The number of carbonyl (C=O) groups is 2. The van der Waals surface area contributed by atoms with Crippen LogP contribution in [-0.4, -0.2) is 33.9 Å². The maximum atomic E-state index is 12.5. The van der Waals surface area contributed by atoms with E-state index in [-0.39, 0.29) is 5.91 Å². The van der Waals surface area contributed by atoms with Crippen molar-refractivity contribution in [1.29, 1.82) is 0 Å². The van der Waals surface area contributed by atoms with Crippen molar-refractivity contribution in [2.45, 2.75) is 26.3 Å². The molecule has 2 atom stereocenters. The summed E-state index contributed by atoms with van der Waals surface area (Å²) in [5.41, 5.74) is 1.71. The number of hydrogen-bond acceptors (Lipinski definition) is 3. The van der Waals surface area contributed by atoms with Gasteiger partial charge in [-0.05, 0) is 31.9 Å². The number of carbonyl (C=O) groups excluding carboxylic acids is 1. The van der Waals surface area contributed by atoms with Crippen molar-refractivity contribution in [2.24, 2.45) is 11.8 Å². The SMILES string of the molecule is Cc1cccc(CN(C)C(=O)C2CC=CCC2C(=O)O)n1. The lowest BCUT2D eigenvalue weighted by Gasteiger charge is -2.28. The highest BCUT2D eigenvalue weighted by molar-refractivity contribution is 5.85. The second-order valence-corrected chi connectivity index (χ2v) is 5.46. The Labute approximate surface area is 124 Å². The fourth-order valence-corrected chi connectivity index (χ4v) is 2.65. The van der Waals surface area contributed by atoms with Crippen LogP contribution in [0, 0.1) is 18.8 Å². The third-order valence-corrected chi connectivity index (χ3v) is 3.79. The Kier molecular flexibility index (Phi) is 4.73. The standard InChI is InChI=1S/C16H20N2O3/c1-11-6-5-7-12(17-11)10-18(2)15(19)13-8-3-4-9-14(13)16(20)21/h3-7,13-14H,8-10H2,1-2H3,(H,20,21). The number of carboxylic acid groups (broad SMARTS) is 1. The van der Waals surface area contributed by atoms with E-state index >= 15 is 0 Å². The van der Waals surface area contributed by atoms with Gasteiger partial charge in [0.05, 0.1) is 24.1 Å². The van der Waals surface area contributed by atoms with E-state index in [2.05, 4.69) is 4.98 Å². The molecule has 0 aromatic carbocycles. The summed E-state index contributed by atoms with van der Waals surface area (Å²) in [6.45, 7) is 2.30. The van der Waals surface area contributed by atoms with Crippen molar-refractivity contribution in [3.8, 4) is 0 Å². The number of hydrogen-bond donors (Lipinski definition) is 1. The third kappa shape index (κ3) is 3.68. The Morgan fingerprint density at radius 1 is 1.29 bits per heavy atom. The molecule has 1 heterocycles. The van der Waals surface area contributed by atoms with Crippen LogP contribution in [0.25, 0.3) is 0 Å². The fraction of sp³-hybridized carbons (Fsp3) is 0.438. The first-order chi connectivity index (χ1) is 9.99. The van der Waals surface area contributed by atoms with E-state index in [4.69, 9.17) is 0 Å². The average Bonchev–Trinajstić information content (AvgIpc) is 2.46. The van der Waals surface area contributed by atoms with E-state index in [9.17, 15) is 14.7 Å². The van der Waals surface area contributed by atoms with Crippen molar-refractivity contribution in [2.75, 3.05) is 7.05 Å². The molecule has 1 N–H and O–H groups in total. The van der Waals surface area contributed by atoms with Crippen molar-refractivity contribution in [3.05, 3.63) is 41.7 Å². The Bertz CT molecular complexity index is 568. The summed E-state index contributed by atoms with van der Waals surface area (Å²) < 4.78 is 0. The number of aliphatic carboxylic acids is 1. The molecule has 0 spiro atoms. The van der Waals surface area contributed by atoms with Crippen LogP contribution in [0.15, 0.2) is 30.4 Å². The van der Waals surface area contributed by atoms with Crippen molar-refractivity contribution >= 4 is 11.9 Å². The summed E-state index contributed by atoms with van der Waals surface area (Å²) in [5, 5.41) is 9.25. The molecule has 1 aliphatic rings. The van der Waals surface area contributed by atoms with Gasteiger partial charge in [-0.15, -0.1) is 0 Å². The molecule has 1 aromatic rings. The van der Waals surface area contributed by atoms with Crippen LogP contribution in [0.3, 0.4) is 0 Å². The molecule has 5 nitrogen and oxygen atoms in total. The lowest BCUT2D eigenvalue weighted by Crippen LogP contribution is -2.39. The molecule has 1 amide bonds. The van der Waals surface area contributed by atoms with E-state index in [1.165, 1.54) is 0 Å². The van der Waals surface area contributed by atoms with Crippen LogP contribution >= 0.6 is 0 Å². The van der Waals surface area contributed by atoms with E-state index < -0.39 is 17.8 Å². The van der Waals surface area contributed by atoms with Crippen LogP contribution < -0.4 is 0 Å². The Morgan fingerprint density at radius 2 is 1.95 bits per heavy atom. The zero-order valence-corrected chi connectivity index (χ0v) is 12.3. The van der Waals surface area contributed by atoms with Crippen molar-refractivity contribution < 1.29 is 14.7 Å². The molecule has 112 valence electrons. The Balaban J connectivity index is 2.07. The maximum Gasteiger partial charge on any atom is 0.307 e. The lowest BCUT2D eigenvalue weighted by molar-refractivity contribution is -0.150. The van der Waals surface area contributed by atoms with Gasteiger partial charge >= 0.3 is 5.97 Å². The summed E-state index contributed by atoms with van der Waals surface area (Å²) in [5.74, 6) is -2.15. The molecule has 0 bridgehead atoms. The van der Waals surface area contributed by atoms with E-state index in [1.807, 2.05) is 37.3 Å². The van der Waals surface area contributed by atoms with Gasteiger partial charge in [-0.25, -0.2) is 0 Å². The van der Waals surface area contributed by atoms with Gasteiger partial charge in [-0.2, -0.15) is 0 Å². The zero-order valence-electron chi connectivity index (χ0n) is 12.3. The molecule has 5 heteroatoms. The van der Waals surface area contributed by atoms with Gasteiger partial charge in [-0.1, -0.05) is 18.2 Å². The van der Waals surface area contributed by atoms with E-state index in [0.29, 0.717) is 19.4 Å². The minimum Gasteiger partial charge on any atom is -0.481 e. The maximum absolute atomic E-state index is 12.5. The van der Waals surface area contributed by atoms with Gasteiger partial charge < -0.3 is 10.0 Å². The Hall–Kier alpha value is -2.17. The number of rotatable bonds is 4. The summed E-state index contributed by atoms with van der Waals surface area (Å²) in [4.78, 5) is 29.7. The van der Waals surface area contributed by atoms with Gasteiger partial charge in [0, 0.05) is 12.7 Å². The molecule has 21 heavy (non-hydrogen) atoms. The zero-order chi connectivity index (χ0) is 15.4. The Morgan fingerprint density at radius 3 is 2.57 bits per heavy atom. The van der Waals surface area contributed by atoms with Gasteiger partial charge in [-0.3, -0.25) is 14.6 Å². The van der Waals surface area contributed by atoms with Gasteiger partial charge in [0.15, 0.2) is 0 Å². The first-order valence-corrected chi connectivity index (χ1v) is 7.04. The third-order valence-electron chi connectivity index (χ3n) is 3.79. The molecule has 2 unspecified atom stereocenters. The highest BCUT2D eigenvalue weighted by Gasteiger charge is 2.35. The van der Waals surface area contributed by atoms with Crippen molar-refractivity contribution in [3.63, 3.8) is 0 Å². The molecule has 1 aromatic heterocycles. The second kappa shape index (κ2) is 6.52. The second-order valence-electron chi connectivity index (χ2n) is 5.46. The predicted octanol–water partition coefficient (Wildman–Crippen LogP) is 2.02. The van der Waals surface area contributed by atoms with Crippen LogP contribution in [0.2, 0.25) is 0 Å². The minimum atomic E-state index is -0.903. The van der Waals surface area contributed by atoms with Crippen LogP contribution in [-0.2, 0) is 16.1 Å². The molecule has 0 radical (unpaired) electrons. The van der Waals surface area contributed by atoms with Gasteiger partial charge in [0.25, 0.3) is 0 Å². The van der Waals surface area contributed by atoms with Gasteiger partial charge in [0.2, 0.25) is 5.91 Å². The monoisotopic (exact) mass is 288 g/mol. The molecule has 0 saturated heterocycles. The topological polar surface area (TPSA) is 70.5 Å². The summed E-state index contributed by atoms with van der Waals surface area (Å²) in [6.07, 6.45) is 4.63. The van der Waals surface area contributed by atoms with E-state index in [1.54, 1.807) is 11.9 Å². The van der Waals surface area contributed by atoms with Crippen LogP contribution in [0.5, 0.6) is 0 Å². The predicted molar refractivity (Wildman–Crippen MR) is 78.4 cm³/mol. The molecule has 2 rings (SSSR count). The number of pyridine rings is 1. The first-order valence-electron chi connectivity index (χ1n) is 7.04. The molecule has 0 fully saturated rings. The largest absolute Gasteiger partial charge is 0.481 e. The van der Waals surface area contributed by atoms with E-state index in [0.717, 1.165) is 11.4 Å². The lowest BCUT2D eigenvalue weighted by atomic mass is 9.82. The highest BCUT2D eigenvalue weighted by Crippen LogP contribution is 2.27. The summed E-state index contributed by atoms with van der Waals surface area (Å²) in [6, 6.07) is 5.67. The number of aromatic nitrogens is 1.